The molecule has 7 N–H and O–H groups in total. The van der Waals surface area contributed by atoms with E-state index in [1.54, 1.807) is 67.8 Å². The van der Waals surface area contributed by atoms with Gasteiger partial charge in [0.2, 0.25) is 0 Å². The van der Waals surface area contributed by atoms with Crippen LogP contribution in [0, 0.1) is 45.3 Å². The number of aromatic carboxylic acids is 1. The van der Waals surface area contributed by atoms with Crippen molar-refractivity contribution in [1.82, 2.24) is 20.3 Å². The highest BCUT2D eigenvalue weighted by atomic mass is 32.2. The van der Waals surface area contributed by atoms with E-state index in [2.05, 4.69) is 38.5 Å². The van der Waals surface area contributed by atoms with Crippen molar-refractivity contribution in [2.24, 2.45) is 0 Å². The third-order valence-corrected chi connectivity index (χ3v) is 10.7. The number of carboxylic acids is 1. The molecule has 0 bridgehead atoms. The van der Waals surface area contributed by atoms with Gasteiger partial charge in [-0.2, -0.15) is 21.0 Å². The molecule has 302 valence electrons. The van der Waals surface area contributed by atoms with E-state index in [1.807, 2.05) is 36.4 Å². The van der Waals surface area contributed by atoms with Crippen molar-refractivity contribution in [3.05, 3.63) is 142 Å². The number of amides is 1. The number of hydrogen-bond acceptors (Lipinski definition) is 15. The first-order valence-corrected chi connectivity index (χ1v) is 20.0. The molecule has 0 aliphatic carbocycles. The van der Waals surface area contributed by atoms with E-state index in [1.165, 1.54) is 29.6 Å². The lowest BCUT2D eigenvalue weighted by atomic mass is 9.97. The van der Waals surface area contributed by atoms with Crippen LogP contribution in [0.4, 0.5) is 11.6 Å². The number of carbonyl (C=O) groups is 2. The van der Waals surface area contributed by atoms with Crippen molar-refractivity contribution in [2.75, 3.05) is 31.7 Å². The SMILES string of the molecule is CNC(=O)c1cc(CSc2nc(N)c(C#N)c(-c3ccccc3)c2C#N)ccn1.N#Cc1c(N)nc(SCc2cccc(C(=O)O)c2)c(C#N)c1-c1ccc(OCCO)cc1. The number of aromatic nitrogens is 3. The molecular weight excluding hydrogens is 813 g/mol. The molecule has 17 heteroatoms. The Kier molecular flexibility index (Phi) is 15.3. The summed E-state index contributed by atoms with van der Waals surface area (Å²) in [6.45, 7) is 0.0358. The largest absolute Gasteiger partial charge is 0.491 e. The quantitative estimate of drug-likeness (QED) is 0.0770. The molecule has 61 heavy (non-hydrogen) atoms. The number of aliphatic hydroxyl groups excluding tert-OH is 1. The Morgan fingerprint density at radius 3 is 1.77 bits per heavy atom. The van der Waals surface area contributed by atoms with E-state index in [9.17, 15) is 30.6 Å². The van der Waals surface area contributed by atoms with Crippen molar-refractivity contribution < 1.29 is 24.5 Å². The van der Waals surface area contributed by atoms with Gasteiger partial charge >= 0.3 is 5.97 Å². The zero-order valence-corrected chi connectivity index (χ0v) is 33.9. The summed E-state index contributed by atoms with van der Waals surface area (Å²) in [6.07, 6.45) is 1.56. The van der Waals surface area contributed by atoms with E-state index in [4.69, 9.17) is 26.4 Å². The average molecular weight is 847 g/mol. The molecule has 3 aromatic carbocycles. The molecule has 15 nitrogen and oxygen atoms in total. The number of thioether (sulfide) groups is 2. The number of nitrogens with two attached hydrogens (primary N) is 2. The van der Waals surface area contributed by atoms with E-state index in [-0.39, 0.29) is 53.0 Å². The van der Waals surface area contributed by atoms with Crippen LogP contribution in [0.2, 0.25) is 0 Å². The number of hydrogen-bond donors (Lipinski definition) is 5. The van der Waals surface area contributed by atoms with Gasteiger partial charge in [-0.1, -0.05) is 54.6 Å². The summed E-state index contributed by atoms with van der Waals surface area (Å²) in [5.74, 6) is 0.132. The maximum atomic E-state index is 11.8. The molecule has 1 amide bonds. The lowest BCUT2D eigenvalue weighted by Crippen LogP contribution is -2.19. The lowest BCUT2D eigenvalue weighted by Gasteiger charge is -2.13. The van der Waals surface area contributed by atoms with Gasteiger partial charge in [0.15, 0.2) is 0 Å². The number of nitrogen functional groups attached to an aromatic ring is 2. The topological polar surface area (TPSA) is 282 Å². The first-order chi connectivity index (χ1) is 29.6. The minimum atomic E-state index is -1.02. The summed E-state index contributed by atoms with van der Waals surface area (Å²) in [5, 5.41) is 60.2. The van der Waals surface area contributed by atoms with E-state index >= 15 is 0 Å². The van der Waals surface area contributed by atoms with Gasteiger partial charge in [-0.3, -0.25) is 9.78 Å². The summed E-state index contributed by atoms with van der Waals surface area (Å²) in [6, 6.07) is 34.3. The normalized spacial score (nSPS) is 10.1. The monoisotopic (exact) mass is 846 g/mol. The zero-order valence-electron chi connectivity index (χ0n) is 32.3. The first kappa shape index (κ1) is 44.2. The van der Waals surface area contributed by atoms with Crippen LogP contribution >= 0.6 is 23.5 Å². The molecule has 0 unspecified atom stereocenters. The van der Waals surface area contributed by atoms with Crippen LogP contribution in [0.3, 0.4) is 0 Å². The van der Waals surface area contributed by atoms with Crippen molar-refractivity contribution in [3.63, 3.8) is 0 Å². The number of rotatable bonds is 13. The number of nitrogens with zero attached hydrogens (tertiary/aromatic N) is 7. The number of pyridine rings is 3. The molecule has 6 rings (SSSR count). The van der Waals surface area contributed by atoms with Gasteiger partial charge in [0.05, 0.1) is 23.3 Å². The van der Waals surface area contributed by atoms with Crippen molar-refractivity contribution in [3.8, 4) is 52.3 Å². The second-order valence-electron chi connectivity index (χ2n) is 12.5. The summed E-state index contributed by atoms with van der Waals surface area (Å²) in [5.41, 5.74) is 17.1. The number of ether oxygens (including phenoxy) is 1. The molecule has 0 aliphatic rings. The van der Waals surface area contributed by atoms with Gasteiger partial charge in [-0.15, -0.1) is 23.5 Å². The lowest BCUT2D eigenvalue weighted by molar-refractivity contribution is 0.0696. The van der Waals surface area contributed by atoms with Crippen molar-refractivity contribution in [1.29, 1.82) is 21.0 Å². The number of nitrogens with one attached hydrogen (secondary N) is 1. The Hall–Kier alpha value is -7.93. The van der Waals surface area contributed by atoms with Gasteiger partial charge in [0.25, 0.3) is 5.91 Å². The molecule has 0 saturated carbocycles. The molecule has 0 fully saturated rings. The third-order valence-electron chi connectivity index (χ3n) is 8.61. The Bertz CT molecular complexity index is 2760. The van der Waals surface area contributed by atoms with Gasteiger partial charge in [-0.05, 0) is 58.7 Å². The number of carboxylic acid groups (broad SMARTS) is 1. The molecule has 0 spiro atoms. The number of carbonyl (C=O) groups excluding carboxylic acids is 1. The second-order valence-corrected chi connectivity index (χ2v) is 14.4. The van der Waals surface area contributed by atoms with Crippen molar-refractivity contribution >= 4 is 47.0 Å². The summed E-state index contributed by atoms with van der Waals surface area (Å²) >= 11 is 2.55. The van der Waals surface area contributed by atoms with Gasteiger partial charge < -0.3 is 31.7 Å². The van der Waals surface area contributed by atoms with E-state index < -0.39 is 5.97 Å². The standard InChI is InChI=1S/C23H18N4O4S.C21H16N6OS/c24-11-18-20(15-4-6-17(7-5-15)31-9-8-28)19(12-25)22(27-21(18)26)32-13-14-2-1-3-16(10-14)23(29)30;1-25-20(28)17-9-13(7-8-26-17)12-29-21-16(11-23)18(14-5-3-2-4-6-14)15(10-22)19(24)27-21/h1-7,10,28H,8-9,13H2,(H2,26,27)(H,29,30);2-9H,12H2,1H3,(H2,24,27)(H,25,28). The smallest absolute Gasteiger partial charge is 0.335 e. The Balaban J connectivity index is 0.000000232. The Morgan fingerprint density at radius 2 is 1.26 bits per heavy atom. The molecule has 0 aliphatic heterocycles. The van der Waals surface area contributed by atoms with Crippen LogP contribution in [0.25, 0.3) is 22.3 Å². The number of aliphatic hydroxyl groups is 1. The summed E-state index contributed by atoms with van der Waals surface area (Å²) in [4.78, 5) is 35.6. The van der Waals surface area contributed by atoms with Crippen molar-refractivity contribution in [2.45, 2.75) is 21.6 Å². The highest BCUT2D eigenvalue weighted by molar-refractivity contribution is 7.98. The molecule has 3 aromatic heterocycles. The average Bonchev–Trinajstić information content (AvgIpc) is 3.29. The first-order valence-electron chi connectivity index (χ1n) is 18.0. The van der Waals surface area contributed by atoms with Crippen LogP contribution in [-0.2, 0) is 11.5 Å². The third kappa shape index (κ3) is 10.8. The number of anilines is 2. The zero-order chi connectivity index (χ0) is 43.9. The highest BCUT2D eigenvalue weighted by Gasteiger charge is 2.22. The molecular formula is C44H34N10O5S2. The van der Waals surface area contributed by atoms with Gasteiger partial charge in [-0.25, -0.2) is 14.8 Å². The fraction of sp³-hybridized carbons (Fsp3) is 0.114. The number of benzene rings is 3. The van der Waals surface area contributed by atoms with Gasteiger partial charge in [0.1, 0.15) is 75.1 Å². The van der Waals surface area contributed by atoms with Gasteiger partial charge in [0, 0.05) is 35.9 Å². The van der Waals surface area contributed by atoms with E-state index in [0.717, 1.165) is 16.7 Å². The Morgan fingerprint density at radius 1 is 0.721 bits per heavy atom. The summed E-state index contributed by atoms with van der Waals surface area (Å²) in [7, 11) is 1.54. The molecule has 0 atom stereocenters. The van der Waals surface area contributed by atoms with Crippen LogP contribution in [0.15, 0.2) is 107 Å². The fourth-order valence-electron chi connectivity index (χ4n) is 5.78. The Labute approximate surface area is 358 Å². The van der Waals surface area contributed by atoms with E-state index in [0.29, 0.717) is 55.3 Å². The predicted molar refractivity (Wildman–Crippen MR) is 230 cm³/mol. The highest BCUT2D eigenvalue weighted by Crippen LogP contribution is 2.38. The maximum absolute atomic E-state index is 11.8. The van der Waals surface area contributed by atoms with Crippen LogP contribution in [-0.4, -0.2) is 57.3 Å². The predicted octanol–water partition coefficient (Wildman–Crippen LogP) is 6.56. The molecule has 0 saturated heterocycles. The van der Waals surface area contributed by atoms with Crippen LogP contribution in [0.5, 0.6) is 5.75 Å². The minimum absolute atomic E-state index is 0.00361. The minimum Gasteiger partial charge on any atom is -0.491 e. The summed E-state index contributed by atoms with van der Waals surface area (Å²) < 4.78 is 5.36. The van der Waals surface area contributed by atoms with Crippen LogP contribution < -0.4 is 21.5 Å². The molecule has 6 aromatic rings. The maximum Gasteiger partial charge on any atom is 0.335 e. The number of nitriles is 4. The van der Waals surface area contributed by atoms with Crippen LogP contribution in [0.1, 0.15) is 54.2 Å². The molecule has 3 heterocycles. The second kappa shape index (κ2) is 21.2. The molecule has 0 radical (unpaired) electrons. The fourth-order valence-corrected chi connectivity index (χ4v) is 7.66.